The van der Waals surface area contributed by atoms with Crippen LogP contribution < -0.4 is 10.6 Å². The molecule has 0 saturated carbocycles. The van der Waals surface area contributed by atoms with Crippen molar-refractivity contribution in [2.45, 2.75) is 26.4 Å². The number of rotatable bonds is 3. The van der Waals surface area contributed by atoms with Crippen molar-refractivity contribution in [3.05, 3.63) is 34.6 Å². The minimum atomic E-state index is -0.0796. The molecule has 0 unspecified atom stereocenters. The molecule has 0 aliphatic carbocycles. The van der Waals surface area contributed by atoms with Crippen molar-refractivity contribution in [2.75, 3.05) is 13.1 Å². The molecule has 2 N–H and O–H groups in total. The fraction of sp³-hybridized carbons (Fsp3) is 0.500. The molecule has 3 heteroatoms. The van der Waals surface area contributed by atoms with E-state index >= 15 is 0 Å². The molecule has 1 heterocycles. The highest BCUT2D eigenvalue weighted by molar-refractivity contribution is 5.30. The van der Waals surface area contributed by atoms with Gasteiger partial charge in [0.15, 0.2) is 0 Å². The highest BCUT2D eigenvalue weighted by Crippen LogP contribution is 2.14. The average Bonchev–Trinajstić information content (AvgIpc) is 2.11. The molecule has 0 spiro atoms. The van der Waals surface area contributed by atoms with Crippen molar-refractivity contribution in [3.63, 3.8) is 0 Å². The van der Waals surface area contributed by atoms with E-state index < -0.39 is 0 Å². The zero-order valence-electron chi connectivity index (χ0n) is 9.23. The molecule has 1 aliphatic heterocycles. The van der Waals surface area contributed by atoms with Crippen molar-refractivity contribution in [1.29, 1.82) is 0 Å². The Morgan fingerprint density at radius 1 is 1.33 bits per heavy atom. The van der Waals surface area contributed by atoms with Gasteiger partial charge in [0.05, 0.1) is 0 Å². The van der Waals surface area contributed by atoms with Crippen LogP contribution in [0.2, 0.25) is 0 Å². The third kappa shape index (κ3) is 2.36. The summed E-state index contributed by atoms with van der Waals surface area (Å²) < 4.78 is 13.4. The molecular weight excluding hydrogens is 191 g/mol. The number of nitrogens with one attached hydrogen (secondary N) is 2. The lowest BCUT2D eigenvalue weighted by molar-refractivity contribution is 0.365. The molecule has 2 nitrogen and oxygen atoms in total. The van der Waals surface area contributed by atoms with E-state index in [1.807, 2.05) is 26.0 Å². The fourth-order valence-corrected chi connectivity index (χ4v) is 1.83. The summed E-state index contributed by atoms with van der Waals surface area (Å²) in [5.74, 6) is -0.0796. The summed E-state index contributed by atoms with van der Waals surface area (Å²) in [5.41, 5.74) is 2.63. The molecule has 2 rings (SSSR count). The van der Waals surface area contributed by atoms with Gasteiger partial charge in [0.25, 0.3) is 0 Å². The molecule has 1 aromatic carbocycles. The molecule has 1 saturated heterocycles. The van der Waals surface area contributed by atoms with Gasteiger partial charge < -0.3 is 10.6 Å². The zero-order chi connectivity index (χ0) is 10.8. The summed E-state index contributed by atoms with van der Waals surface area (Å²) in [4.78, 5) is 0. The second-order valence-corrected chi connectivity index (χ2v) is 4.28. The van der Waals surface area contributed by atoms with E-state index in [9.17, 15) is 4.39 Å². The van der Waals surface area contributed by atoms with Crippen molar-refractivity contribution in [3.8, 4) is 0 Å². The van der Waals surface area contributed by atoms with E-state index in [1.54, 1.807) is 0 Å². The Labute approximate surface area is 89.9 Å². The average molecular weight is 208 g/mol. The van der Waals surface area contributed by atoms with Gasteiger partial charge in [0.1, 0.15) is 5.82 Å². The third-order valence-corrected chi connectivity index (χ3v) is 2.87. The van der Waals surface area contributed by atoms with Gasteiger partial charge in [-0.25, -0.2) is 4.39 Å². The van der Waals surface area contributed by atoms with Crippen LogP contribution in [0.1, 0.15) is 16.7 Å². The second kappa shape index (κ2) is 4.29. The van der Waals surface area contributed by atoms with Crippen molar-refractivity contribution >= 4 is 0 Å². The zero-order valence-corrected chi connectivity index (χ0v) is 9.23. The van der Waals surface area contributed by atoms with Crippen LogP contribution in [0.15, 0.2) is 12.1 Å². The summed E-state index contributed by atoms with van der Waals surface area (Å²) in [6.07, 6.45) is 0. The first kappa shape index (κ1) is 10.6. The van der Waals surface area contributed by atoms with Crippen LogP contribution in [-0.4, -0.2) is 19.1 Å². The van der Waals surface area contributed by atoms with Gasteiger partial charge in [0, 0.05) is 25.7 Å². The van der Waals surface area contributed by atoms with Crippen molar-refractivity contribution in [2.24, 2.45) is 0 Å². The Kier molecular flexibility index (Phi) is 3.03. The Hall–Kier alpha value is -0.930. The maximum atomic E-state index is 13.4. The van der Waals surface area contributed by atoms with Crippen LogP contribution in [0.5, 0.6) is 0 Å². The lowest BCUT2D eigenvalue weighted by Crippen LogP contribution is -2.54. The Morgan fingerprint density at radius 3 is 2.40 bits per heavy atom. The van der Waals surface area contributed by atoms with Crippen LogP contribution in [0.25, 0.3) is 0 Å². The molecule has 0 aromatic heterocycles. The molecular formula is C12H17FN2. The van der Waals surface area contributed by atoms with Gasteiger partial charge in [-0.15, -0.1) is 0 Å². The largest absolute Gasteiger partial charge is 0.314 e. The Bertz CT molecular complexity index is 336. The molecule has 1 aromatic rings. The first-order valence-electron chi connectivity index (χ1n) is 5.36. The van der Waals surface area contributed by atoms with Gasteiger partial charge in [-0.3, -0.25) is 0 Å². The van der Waals surface area contributed by atoms with E-state index in [4.69, 9.17) is 0 Å². The van der Waals surface area contributed by atoms with Crippen LogP contribution in [-0.2, 0) is 6.54 Å². The molecule has 82 valence electrons. The Morgan fingerprint density at radius 2 is 1.93 bits per heavy atom. The highest BCUT2D eigenvalue weighted by Gasteiger charge is 2.15. The highest BCUT2D eigenvalue weighted by atomic mass is 19.1. The SMILES string of the molecule is Cc1cc(CNC2CNC2)cc(C)c1F. The quantitative estimate of drug-likeness (QED) is 0.786. The number of hydrogen-bond acceptors (Lipinski definition) is 2. The Balaban J connectivity index is 2.01. The smallest absolute Gasteiger partial charge is 0.129 e. The number of aryl methyl sites for hydroxylation is 2. The van der Waals surface area contributed by atoms with Gasteiger partial charge in [-0.1, -0.05) is 12.1 Å². The maximum Gasteiger partial charge on any atom is 0.129 e. The van der Waals surface area contributed by atoms with Crippen LogP contribution in [0.3, 0.4) is 0 Å². The predicted molar refractivity (Wildman–Crippen MR) is 59.4 cm³/mol. The first-order valence-corrected chi connectivity index (χ1v) is 5.36. The molecule has 0 amide bonds. The number of hydrogen-bond donors (Lipinski definition) is 2. The summed E-state index contributed by atoms with van der Waals surface area (Å²) in [6, 6.07) is 4.42. The van der Waals surface area contributed by atoms with E-state index in [0.29, 0.717) is 6.04 Å². The lowest BCUT2D eigenvalue weighted by Gasteiger charge is -2.28. The minimum absolute atomic E-state index is 0.0796. The summed E-state index contributed by atoms with van der Waals surface area (Å²) in [5, 5.41) is 6.63. The summed E-state index contributed by atoms with van der Waals surface area (Å²) >= 11 is 0. The van der Waals surface area contributed by atoms with Crippen molar-refractivity contribution in [1.82, 2.24) is 10.6 Å². The fourth-order valence-electron chi connectivity index (χ4n) is 1.83. The van der Waals surface area contributed by atoms with E-state index in [-0.39, 0.29) is 5.82 Å². The van der Waals surface area contributed by atoms with Crippen LogP contribution in [0.4, 0.5) is 4.39 Å². The molecule has 15 heavy (non-hydrogen) atoms. The van der Waals surface area contributed by atoms with Crippen molar-refractivity contribution < 1.29 is 4.39 Å². The monoisotopic (exact) mass is 208 g/mol. The summed E-state index contributed by atoms with van der Waals surface area (Å²) in [6.45, 7) is 6.54. The van der Waals surface area contributed by atoms with Gasteiger partial charge in [-0.2, -0.15) is 0 Å². The third-order valence-electron chi connectivity index (χ3n) is 2.87. The molecule has 0 radical (unpaired) electrons. The molecule has 0 atom stereocenters. The second-order valence-electron chi connectivity index (χ2n) is 4.28. The van der Waals surface area contributed by atoms with Crippen LogP contribution >= 0.6 is 0 Å². The van der Waals surface area contributed by atoms with E-state index in [0.717, 1.165) is 30.8 Å². The van der Waals surface area contributed by atoms with Gasteiger partial charge >= 0.3 is 0 Å². The summed E-state index contributed by atoms with van der Waals surface area (Å²) in [7, 11) is 0. The van der Waals surface area contributed by atoms with E-state index in [1.165, 1.54) is 5.56 Å². The normalized spacial score (nSPS) is 16.5. The topological polar surface area (TPSA) is 24.1 Å². The van der Waals surface area contributed by atoms with Crippen LogP contribution in [0, 0.1) is 19.7 Å². The lowest BCUT2D eigenvalue weighted by atomic mass is 10.1. The van der Waals surface area contributed by atoms with Gasteiger partial charge in [0.2, 0.25) is 0 Å². The first-order chi connectivity index (χ1) is 7.16. The maximum absolute atomic E-state index is 13.4. The number of benzene rings is 1. The molecule has 1 aliphatic rings. The van der Waals surface area contributed by atoms with E-state index in [2.05, 4.69) is 10.6 Å². The molecule has 1 fully saturated rings. The number of halogens is 1. The minimum Gasteiger partial charge on any atom is -0.314 e. The predicted octanol–water partition coefficient (Wildman–Crippen LogP) is 1.50. The standard InChI is InChI=1S/C12H17FN2/c1-8-3-10(4-9(2)12(8)13)5-15-11-6-14-7-11/h3-4,11,14-15H,5-7H2,1-2H3. The molecule has 0 bridgehead atoms. The van der Waals surface area contributed by atoms with Gasteiger partial charge in [-0.05, 0) is 30.5 Å².